The van der Waals surface area contributed by atoms with Gasteiger partial charge in [-0.25, -0.2) is 13.2 Å². The number of hydrogen-bond donors (Lipinski definition) is 2. The van der Waals surface area contributed by atoms with Gasteiger partial charge in [-0.2, -0.15) is 4.31 Å². The van der Waals surface area contributed by atoms with Gasteiger partial charge in [-0.1, -0.05) is 23.4 Å². The third-order valence-electron chi connectivity index (χ3n) is 3.38. The molecule has 0 saturated carbocycles. The number of nitrogens with one attached hydrogen (secondary N) is 2. The monoisotopic (exact) mass is 352 g/mol. The maximum absolute atomic E-state index is 12.5. The van der Waals surface area contributed by atoms with Gasteiger partial charge in [-0.15, -0.1) is 0 Å². The van der Waals surface area contributed by atoms with Gasteiger partial charge in [0.2, 0.25) is 10.0 Å². The summed E-state index contributed by atoms with van der Waals surface area (Å²) in [5.74, 6) is 0.245. The average Bonchev–Trinajstić information content (AvgIpc) is 2.87. The summed E-state index contributed by atoms with van der Waals surface area (Å²) in [4.78, 5) is 11.8. The van der Waals surface area contributed by atoms with Crippen molar-refractivity contribution in [1.82, 2.24) is 14.8 Å². The summed E-state index contributed by atoms with van der Waals surface area (Å²) in [5, 5.41) is 8.93. The van der Waals surface area contributed by atoms with Crippen LogP contribution in [-0.2, 0) is 10.0 Å². The Labute approximate surface area is 140 Å². The molecule has 2 aromatic rings. The van der Waals surface area contributed by atoms with Gasteiger partial charge < -0.3 is 15.2 Å². The van der Waals surface area contributed by atoms with Gasteiger partial charge >= 0.3 is 6.03 Å². The van der Waals surface area contributed by atoms with Crippen molar-refractivity contribution >= 4 is 21.7 Å². The molecule has 0 fully saturated rings. The average molecular weight is 352 g/mol. The van der Waals surface area contributed by atoms with Crippen LogP contribution in [0.25, 0.3) is 0 Å². The van der Waals surface area contributed by atoms with Crippen LogP contribution in [0.5, 0.6) is 0 Å². The Hall–Kier alpha value is -2.39. The number of anilines is 1. The quantitative estimate of drug-likeness (QED) is 0.824. The van der Waals surface area contributed by atoms with Crippen LogP contribution >= 0.6 is 0 Å². The van der Waals surface area contributed by atoms with E-state index in [0.717, 1.165) is 4.31 Å². The van der Waals surface area contributed by atoms with E-state index in [0.29, 0.717) is 11.4 Å². The molecule has 0 spiro atoms. The molecule has 130 valence electrons. The molecule has 2 amide bonds. The van der Waals surface area contributed by atoms with Gasteiger partial charge in [-0.05, 0) is 26.0 Å². The lowest BCUT2D eigenvalue weighted by atomic mass is 10.3. The summed E-state index contributed by atoms with van der Waals surface area (Å²) in [7, 11) is -2.27. The third-order valence-corrected chi connectivity index (χ3v) is 5.48. The first kappa shape index (κ1) is 18.0. The van der Waals surface area contributed by atoms with E-state index < -0.39 is 16.1 Å². The number of amides is 2. The summed E-state index contributed by atoms with van der Waals surface area (Å²) < 4.78 is 31.1. The summed E-state index contributed by atoms with van der Waals surface area (Å²) in [5.41, 5.74) is 0.973. The molecule has 2 N–H and O–H groups in total. The summed E-state index contributed by atoms with van der Waals surface area (Å²) in [6.07, 6.45) is 0. The fraction of sp³-hybridized carbons (Fsp3) is 0.333. The van der Waals surface area contributed by atoms with Gasteiger partial charge in [0, 0.05) is 25.8 Å². The zero-order valence-electron chi connectivity index (χ0n) is 13.7. The molecule has 8 nitrogen and oxygen atoms in total. The van der Waals surface area contributed by atoms with E-state index in [1.807, 2.05) is 6.07 Å². The maximum atomic E-state index is 12.5. The predicted octanol–water partition coefficient (Wildman–Crippen LogP) is 1.73. The smallest absolute Gasteiger partial charge is 0.319 e. The maximum Gasteiger partial charge on any atom is 0.319 e. The molecule has 0 unspecified atom stereocenters. The Morgan fingerprint density at radius 2 is 1.92 bits per heavy atom. The highest BCUT2D eigenvalue weighted by molar-refractivity contribution is 7.89. The summed E-state index contributed by atoms with van der Waals surface area (Å²) in [6.45, 7) is 3.40. The molecule has 2 rings (SSSR count). The standard InChI is InChI=1S/C15H20N4O4S/c1-11-14(12(2)23-18-11)24(21,22)19(3)10-9-16-15(20)17-13-7-5-4-6-8-13/h4-8H,9-10H2,1-3H3,(H2,16,17,20). The minimum Gasteiger partial charge on any atom is -0.360 e. The second-order valence-electron chi connectivity index (χ2n) is 5.23. The molecule has 0 aliphatic heterocycles. The number of hydrogen-bond acceptors (Lipinski definition) is 5. The van der Waals surface area contributed by atoms with Gasteiger partial charge in [-0.3, -0.25) is 0 Å². The van der Waals surface area contributed by atoms with Crippen LogP contribution in [0.15, 0.2) is 39.8 Å². The number of urea groups is 1. The second kappa shape index (κ2) is 7.45. The van der Waals surface area contributed by atoms with Crippen LogP contribution in [0.1, 0.15) is 11.5 Å². The van der Waals surface area contributed by atoms with Crippen molar-refractivity contribution < 1.29 is 17.7 Å². The molecule has 1 heterocycles. The van der Waals surface area contributed by atoms with E-state index >= 15 is 0 Å². The SMILES string of the molecule is Cc1noc(C)c1S(=O)(=O)N(C)CCNC(=O)Nc1ccccc1. The minimum atomic E-state index is -3.71. The first-order valence-corrected chi connectivity index (χ1v) is 8.75. The van der Waals surface area contributed by atoms with Crippen molar-refractivity contribution in [1.29, 1.82) is 0 Å². The number of likely N-dealkylation sites (N-methyl/N-ethyl adjacent to an activating group) is 1. The molecule has 24 heavy (non-hydrogen) atoms. The van der Waals surface area contributed by atoms with Crippen LogP contribution in [0.3, 0.4) is 0 Å². The Morgan fingerprint density at radius 3 is 2.50 bits per heavy atom. The van der Waals surface area contributed by atoms with Crippen molar-refractivity contribution in [3.63, 3.8) is 0 Å². The number of aryl methyl sites for hydroxylation is 2. The van der Waals surface area contributed by atoms with E-state index in [9.17, 15) is 13.2 Å². The van der Waals surface area contributed by atoms with Crippen LogP contribution in [0, 0.1) is 13.8 Å². The van der Waals surface area contributed by atoms with Crippen LogP contribution in [0.2, 0.25) is 0 Å². The molecule has 0 radical (unpaired) electrons. The van der Waals surface area contributed by atoms with Crippen molar-refractivity contribution in [2.75, 3.05) is 25.5 Å². The van der Waals surface area contributed by atoms with E-state index in [1.54, 1.807) is 38.1 Å². The molecule has 0 saturated heterocycles. The number of nitrogens with zero attached hydrogens (tertiary/aromatic N) is 2. The van der Waals surface area contributed by atoms with Gasteiger partial charge in [0.05, 0.1) is 0 Å². The molecule has 0 atom stereocenters. The first-order valence-electron chi connectivity index (χ1n) is 7.31. The lowest BCUT2D eigenvalue weighted by Gasteiger charge is -2.17. The number of aromatic nitrogens is 1. The van der Waals surface area contributed by atoms with Gasteiger partial charge in [0.1, 0.15) is 10.6 Å². The third kappa shape index (κ3) is 4.12. The molecular weight excluding hydrogens is 332 g/mol. The molecule has 1 aromatic heterocycles. The number of carbonyl (C=O) groups is 1. The normalized spacial score (nSPS) is 11.5. The number of rotatable bonds is 6. The molecule has 0 bridgehead atoms. The Balaban J connectivity index is 1.89. The highest BCUT2D eigenvalue weighted by Gasteiger charge is 2.28. The largest absolute Gasteiger partial charge is 0.360 e. The number of benzene rings is 1. The van der Waals surface area contributed by atoms with Crippen LogP contribution < -0.4 is 10.6 Å². The molecular formula is C15H20N4O4S. The summed E-state index contributed by atoms with van der Waals surface area (Å²) in [6, 6.07) is 8.57. The van der Waals surface area contributed by atoms with Crippen molar-refractivity contribution in [2.24, 2.45) is 0 Å². The van der Waals surface area contributed by atoms with Crippen molar-refractivity contribution in [3.05, 3.63) is 41.8 Å². The topological polar surface area (TPSA) is 105 Å². The number of sulfonamides is 1. The predicted molar refractivity (Wildman–Crippen MR) is 89.3 cm³/mol. The lowest BCUT2D eigenvalue weighted by molar-refractivity contribution is 0.251. The van der Waals surface area contributed by atoms with Gasteiger partial charge in [0.15, 0.2) is 5.76 Å². The van der Waals surface area contributed by atoms with E-state index in [1.165, 1.54) is 7.05 Å². The molecule has 0 aliphatic carbocycles. The van der Waals surface area contributed by atoms with Gasteiger partial charge in [0.25, 0.3) is 0 Å². The molecule has 1 aromatic carbocycles. The zero-order chi connectivity index (χ0) is 17.7. The lowest BCUT2D eigenvalue weighted by Crippen LogP contribution is -2.38. The highest BCUT2D eigenvalue weighted by Crippen LogP contribution is 2.21. The number of para-hydroxylation sites is 1. The van der Waals surface area contributed by atoms with E-state index in [4.69, 9.17) is 4.52 Å². The molecule has 0 aliphatic rings. The summed E-state index contributed by atoms with van der Waals surface area (Å²) >= 11 is 0. The van der Waals surface area contributed by atoms with E-state index in [2.05, 4.69) is 15.8 Å². The Bertz CT molecular complexity index is 783. The molecule has 9 heteroatoms. The van der Waals surface area contributed by atoms with Crippen molar-refractivity contribution in [2.45, 2.75) is 18.7 Å². The Morgan fingerprint density at radius 1 is 1.25 bits per heavy atom. The fourth-order valence-electron chi connectivity index (χ4n) is 2.14. The van der Waals surface area contributed by atoms with E-state index in [-0.39, 0.29) is 23.7 Å². The second-order valence-corrected chi connectivity index (χ2v) is 7.21. The fourth-order valence-corrected chi connectivity index (χ4v) is 3.60. The Kier molecular flexibility index (Phi) is 5.58. The number of carbonyl (C=O) groups excluding carboxylic acids is 1. The first-order chi connectivity index (χ1) is 11.3. The van der Waals surface area contributed by atoms with Crippen LogP contribution in [0.4, 0.5) is 10.5 Å². The highest BCUT2D eigenvalue weighted by atomic mass is 32.2. The zero-order valence-corrected chi connectivity index (χ0v) is 14.6. The van der Waals surface area contributed by atoms with Crippen molar-refractivity contribution in [3.8, 4) is 0 Å². The minimum absolute atomic E-state index is 0.0683. The van der Waals surface area contributed by atoms with Crippen LogP contribution in [-0.4, -0.2) is 44.0 Å².